The Labute approximate surface area is 123 Å². The molecule has 5 heteroatoms. The van der Waals surface area contributed by atoms with E-state index in [2.05, 4.69) is 21.2 Å². The first-order valence-corrected chi connectivity index (χ1v) is 6.81. The molecule has 0 bridgehead atoms. The molecule has 0 amide bonds. The van der Waals surface area contributed by atoms with Gasteiger partial charge in [0.15, 0.2) is 0 Å². The van der Waals surface area contributed by atoms with Gasteiger partial charge in [-0.1, -0.05) is 33.6 Å². The number of benzene rings is 2. The fourth-order valence-corrected chi connectivity index (χ4v) is 2.62. The lowest BCUT2D eigenvalue weighted by Gasteiger charge is -2.17. The predicted octanol–water partition coefficient (Wildman–Crippen LogP) is 5.55. The summed E-state index contributed by atoms with van der Waals surface area (Å²) in [5.74, 6) is -0.738. The summed E-state index contributed by atoms with van der Waals surface area (Å²) in [5, 5.41) is 3.37. The molecule has 0 aliphatic rings. The third-order valence-electron chi connectivity index (χ3n) is 2.73. The summed E-state index contributed by atoms with van der Waals surface area (Å²) in [5.41, 5.74) is 1.20. The predicted molar refractivity (Wildman–Crippen MR) is 77.5 cm³/mol. The molecular formula is C14H11BrClF2N. The van der Waals surface area contributed by atoms with Crippen LogP contribution >= 0.6 is 27.5 Å². The second-order valence-corrected chi connectivity index (χ2v) is 5.45. The second-order valence-electron chi connectivity index (χ2n) is 4.16. The molecule has 2 aromatic rings. The first-order valence-electron chi connectivity index (χ1n) is 5.64. The maximum atomic E-state index is 13.7. The van der Waals surface area contributed by atoms with E-state index in [0.717, 1.165) is 5.56 Å². The van der Waals surface area contributed by atoms with Crippen molar-refractivity contribution in [1.82, 2.24) is 0 Å². The van der Waals surface area contributed by atoms with Gasteiger partial charge in [-0.05, 0) is 42.8 Å². The molecule has 0 aromatic heterocycles. The van der Waals surface area contributed by atoms with Crippen LogP contribution in [0.4, 0.5) is 14.5 Å². The minimum atomic E-state index is -0.419. The van der Waals surface area contributed by atoms with E-state index in [1.807, 2.05) is 6.92 Å². The van der Waals surface area contributed by atoms with E-state index in [0.29, 0.717) is 15.2 Å². The standard InChI is InChI=1S/C14H11BrClF2N/c1-8(11-4-3-10(17)7-12(11)15)19-14-5-2-9(16)6-13(14)18/h2-8,19H,1H3. The highest BCUT2D eigenvalue weighted by atomic mass is 79.9. The van der Waals surface area contributed by atoms with Gasteiger partial charge in [-0.2, -0.15) is 0 Å². The average Bonchev–Trinajstić information content (AvgIpc) is 2.32. The molecule has 0 heterocycles. The SMILES string of the molecule is CC(Nc1ccc(Cl)cc1F)c1ccc(F)cc1Br. The van der Waals surface area contributed by atoms with Gasteiger partial charge < -0.3 is 5.32 Å². The fraction of sp³-hybridized carbons (Fsp3) is 0.143. The smallest absolute Gasteiger partial charge is 0.147 e. The molecule has 0 saturated carbocycles. The maximum absolute atomic E-state index is 13.7. The zero-order valence-electron chi connectivity index (χ0n) is 10.1. The summed E-state index contributed by atoms with van der Waals surface area (Å²) in [4.78, 5) is 0. The van der Waals surface area contributed by atoms with Gasteiger partial charge in [-0.25, -0.2) is 8.78 Å². The maximum Gasteiger partial charge on any atom is 0.147 e. The lowest BCUT2D eigenvalue weighted by molar-refractivity contribution is 0.622. The first-order chi connectivity index (χ1) is 8.97. The third kappa shape index (κ3) is 3.45. The van der Waals surface area contributed by atoms with Gasteiger partial charge >= 0.3 is 0 Å². The molecule has 1 atom stereocenters. The Morgan fingerprint density at radius 1 is 1.16 bits per heavy atom. The van der Waals surface area contributed by atoms with Crippen molar-refractivity contribution in [3.05, 3.63) is 63.1 Å². The highest BCUT2D eigenvalue weighted by Crippen LogP contribution is 2.28. The van der Waals surface area contributed by atoms with Crippen molar-refractivity contribution in [2.24, 2.45) is 0 Å². The van der Waals surface area contributed by atoms with Gasteiger partial charge in [0.25, 0.3) is 0 Å². The zero-order chi connectivity index (χ0) is 14.0. The summed E-state index contributed by atoms with van der Waals surface area (Å²) in [7, 11) is 0. The molecule has 0 aliphatic carbocycles. The third-order valence-corrected chi connectivity index (χ3v) is 3.65. The molecular weight excluding hydrogens is 336 g/mol. The van der Waals surface area contributed by atoms with Crippen LogP contribution in [0.3, 0.4) is 0 Å². The number of halogens is 4. The lowest BCUT2D eigenvalue weighted by atomic mass is 10.1. The molecule has 2 rings (SSSR count). The Kier molecular flexibility index (Phi) is 4.42. The minimum Gasteiger partial charge on any atom is -0.376 e. The van der Waals surface area contributed by atoms with Crippen molar-refractivity contribution >= 4 is 33.2 Å². The van der Waals surface area contributed by atoms with E-state index in [4.69, 9.17) is 11.6 Å². The van der Waals surface area contributed by atoms with E-state index in [1.54, 1.807) is 18.2 Å². The van der Waals surface area contributed by atoms with Crippen LogP contribution in [0.15, 0.2) is 40.9 Å². The average molecular weight is 347 g/mol. The summed E-state index contributed by atoms with van der Waals surface area (Å²) in [6.07, 6.45) is 0. The van der Waals surface area contributed by atoms with Crippen LogP contribution in [0.2, 0.25) is 5.02 Å². The Bertz CT molecular complexity index is 604. The van der Waals surface area contributed by atoms with Gasteiger partial charge in [0.05, 0.1) is 5.69 Å². The summed E-state index contributed by atoms with van der Waals surface area (Å²) in [6.45, 7) is 1.87. The normalized spacial score (nSPS) is 12.3. The highest BCUT2D eigenvalue weighted by molar-refractivity contribution is 9.10. The van der Waals surface area contributed by atoms with Crippen molar-refractivity contribution in [3.63, 3.8) is 0 Å². The van der Waals surface area contributed by atoms with Crippen molar-refractivity contribution in [3.8, 4) is 0 Å². The molecule has 0 fully saturated rings. The van der Waals surface area contributed by atoms with Gasteiger partial charge in [0.2, 0.25) is 0 Å². The Morgan fingerprint density at radius 3 is 2.53 bits per heavy atom. The minimum absolute atomic E-state index is 0.175. The summed E-state index contributed by atoms with van der Waals surface area (Å²) < 4.78 is 27.3. The zero-order valence-corrected chi connectivity index (χ0v) is 12.4. The monoisotopic (exact) mass is 345 g/mol. The van der Waals surface area contributed by atoms with Gasteiger partial charge in [-0.3, -0.25) is 0 Å². The topological polar surface area (TPSA) is 12.0 Å². The lowest BCUT2D eigenvalue weighted by Crippen LogP contribution is -2.08. The van der Waals surface area contributed by atoms with Crippen molar-refractivity contribution in [2.75, 3.05) is 5.32 Å². The van der Waals surface area contributed by atoms with Gasteiger partial charge in [0.1, 0.15) is 11.6 Å². The fourth-order valence-electron chi connectivity index (χ4n) is 1.77. The van der Waals surface area contributed by atoms with E-state index < -0.39 is 5.82 Å². The van der Waals surface area contributed by atoms with Crippen LogP contribution in [0.1, 0.15) is 18.5 Å². The molecule has 1 unspecified atom stereocenters. The van der Waals surface area contributed by atoms with Crippen molar-refractivity contribution in [2.45, 2.75) is 13.0 Å². The molecule has 0 spiro atoms. The van der Waals surface area contributed by atoms with Crippen molar-refractivity contribution in [1.29, 1.82) is 0 Å². The van der Waals surface area contributed by atoms with E-state index in [9.17, 15) is 8.78 Å². The number of nitrogens with one attached hydrogen (secondary N) is 1. The molecule has 100 valence electrons. The largest absolute Gasteiger partial charge is 0.376 e. The number of rotatable bonds is 3. The molecule has 0 saturated heterocycles. The molecule has 1 N–H and O–H groups in total. The highest BCUT2D eigenvalue weighted by Gasteiger charge is 2.12. The second kappa shape index (κ2) is 5.88. The van der Waals surface area contributed by atoms with Crippen LogP contribution in [0.25, 0.3) is 0 Å². The Hall–Kier alpha value is -1.13. The molecule has 2 aromatic carbocycles. The van der Waals surface area contributed by atoms with Crippen LogP contribution in [-0.4, -0.2) is 0 Å². The first kappa shape index (κ1) is 14.3. The van der Waals surface area contributed by atoms with Crippen LogP contribution in [-0.2, 0) is 0 Å². The molecule has 1 nitrogen and oxygen atoms in total. The van der Waals surface area contributed by atoms with Crippen LogP contribution in [0, 0.1) is 11.6 Å². The van der Waals surface area contributed by atoms with E-state index in [1.165, 1.54) is 18.2 Å². The Balaban J connectivity index is 2.23. The van der Waals surface area contributed by atoms with E-state index >= 15 is 0 Å². The van der Waals surface area contributed by atoms with Crippen molar-refractivity contribution < 1.29 is 8.78 Å². The molecule has 0 aliphatic heterocycles. The van der Waals surface area contributed by atoms with E-state index in [-0.39, 0.29) is 11.9 Å². The molecule has 19 heavy (non-hydrogen) atoms. The van der Waals surface area contributed by atoms with Crippen LogP contribution in [0.5, 0.6) is 0 Å². The van der Waals surface area contributed by atoms with Gasteiger partial charge in [0, 0.05) is 15.5 Å². The quantitative estimate of drug-likeness (QED) is 0.768. The number of hydrogen-bond donors (Lipinski definition) is 1. The number of anilines is 1. The number of hydrogen-bond acceptors (Lipinski definition) is 1. The summed E-state index contributed by atoms with van der Waals surface area (Å²) in [6, 6.07) is 8.67. The Morgan fingerprint density at radius 2 is 1.89 bits per heavy atom. The summed E-state index contributed by atoms with van der Waals surface area (Å²) >= 11 is 8.99. The van der Waals surface area contributed by atoms with Gasteiger partial charge in [-0.15, -0.1) is 0 Å². The van der Waals surface area contributed by atoms with Crippen LogP contribution < -0.4 is 5.32 Å². The molecule has 0 radical (unpaired) electrons.